The van der Waals surface area contributed by atoms with Gasteiger partial charge >= 0.3 is 0 Å². The number of benzene rings is 5. The van der Waals surface area contributed by atoms with Gasteiger partial charge in [0, 0.05) is 19.6 Å². The fourth-order valence-corrected chi connectivity index (χ4v) is 5.25. The van der Waals surface area contributed by atoms with Gasteiger partial charge in [-0.2, -0.15) is 0 Å². The topological polar surface area (TPSA) is 21.7 Å². The van der Waals surface area contributed by atoms with Crippen LogP contribution in [0.4, 0.5) is 0 Å². The zero-order valence-corrected chi connectivity index (χ0v) is 17.9. The highest BCUT2D eigenvalue weighted by Crippen LogP contribution is 2.37. The van der Waals surface area contributed by atoms with Crippen LogP contribution in [0.25, 0.3) is 32.3 Å². The smallest absolute Gasteiger partial charge is 0.161 e. The Morgan fingerprint density at radius 1 is 0.742 bits per heavy atom. The molecule has 0 unspecified atom stereocenters. The Kier molecular flexibility index (Phi) is 4.25. The molecule has 0 saturated carbocycles. The van der Waals surface area contributed by atoms with Crippen LogP contribution in [0.5, 0.6) is 11.5 Å². The van der Waals surface area contributed by atoms with E-state index >= 15 is 0 Å². The lowest BCUT2D eigenvalue weighted by atomic mass is 9.91. The molecule has 31 heavy (non-hydrogen) atoms. The molecule has 3 heteroatoms. The van der Waals surface area contributed by atoms with Crippen LogP contribution in [0.1, 0.15) is 16.7 Å². The summed E-state index contributed by atoms with van der Waals surface area (Å²) in [5, 5.41) is 8.13. The molecule has 5 aromatic carbocycles. The third-order valence-corrected chi connectivity index (χ3v) is 6.81. The van der Waals surface area contributed by atoms with Crippen molar-refractivity contribution < 1.29 is 9.47 Å². The van der Waals surface area contributed by atoms with E-state index in [1.165, 1.54) is 49.0 Å². The van der Waals surface area contributed by atoms with Crippen molar-refractivity contribution in [2.75, 3.05) is 20.8 Å². The first-order valence-corrected chi connectivity index (χ1v) is 10.9. The van der Waals surface area contributed by atoms with Crippen molar-refractivity contribution >= 4 is 32.3 Å². The van der Waals surface area contributed by atoms with Gasteiger partial charge in [0.25, 0.3) is 0 Å². The van der Waals surface area contributed by atoms with Crippen LogP contribution in [-0.2, 0) is 19.5 Å². The fourth-order valence-electron chi connectivity index (χ4n) is 5.25. The van der Waals surface area contributed by atoms with Crippen molar-refractivity contribution in [2.45, 2.75) is 19.5 Å². The average molecular weight is 408 g/mol. The summed E-state index contributed by atoms with van der Waals surface area (Å²) in [6, 6.07) is 24.6. The van der Waals surface area contributed by atoms with Crippen molar-refractivity contribution in [1.29, 1.82) is 0 Å². The third-order valence-electron chi connectivity index (χ3n) is 6.81. The Morgan fingerprint density at radius 2 is 1.39 bits per heavy atom. The van der Waals surface area contributed by atoms with Gasteiger partial charge in [0.1, 0.15) is 0 Å². The van der Waals surface area contributed by atoms with Crippen molar-refractivity contribution in [3.63, 3.8) is 0 Å². The molecule has 3 nitrogen and oxygen atoms in total. The largest absolute Gasteiger partial charge is 0.493 e. The molecule has 0 fully saturated rings. The molecule has 5 aromatic rings. The van der Waals surface area contributed by atoms with Crippen LogP contribution in [0.3, 0.4) is 0 Å². The number of fused-ring (bicyclic) bond motifs is 1. The van der Waals surface area contributed by atoms with Crippen molar-refractivity contribution in [1.82, 2.24) is 4.90 Å². The molecule has 0 atom stereocenters. The number of methoxy groups -OCH3 is 2. The standard InChI is InChI=1S/C28H25NO2/c1-30-25-14-21-12-13-29(17-23(21)15-26(25)31-2)16-22-9-8-20-7-6-18-4-3-5-19-10-11-24(22)28(20)27(18)19/h3-11,14-15H,12-13,16-17H2,1-2H3. The van der Waals surface area contributed by atoms with Gasteiger partial charge in [-0.15, -0.1) is 0 Å². The Labute approximate surface area is 182 Å². The second-order valence-electron chi connectivity index (χ2n) is 8.52. The van der Waals surface area contributed by atoms with E-state index < -0.39 is 0 Å². The molecule has 6 rings (SSSR count). The highest BCUT2D eigenvalue weighted by Gasteiger charge is 2.20. The molecule has 1 aliphatic rings. The van der Waals surface area contributed by atoms with Gasteiger partial charge in [0.05, 0.1) is 14.2 Å². The molecule has 0 saturated heterocycles. The van der Waals surface area contributed by atoms with Crippen molar-refractivity contribution in [3.05, 3.63) is 83.4 Å². The maximum atomic E-state index is 5.54. The number of ether oxygens (including phenoxy) is 2. The molecule has 0 N–H and O–H groups in total. The van der Waals surface area contributed by atoms with Crippen LogP contribution in [0, 0.1) is 0 Å². The van der Waals surface area contributed by atoms with Gasteiger partial charge in [-0.1, -0.05) is 54.6 Å². The molecule has 0 aromatic heterocycles. The van der Waals surface area contributed by atoms with Crippen LogP contribution in [0.2, 0.25) is 0 Å². The normalized spacial score (nSPS) is 14.4. The summed E-state index contributed by atoms with van der Waals surface area (Å²) in [6.07, 6.45) is 1.03. The lowest BCUT2D eigenvalue weighted by Gasteiger charge is -2.30. The fraction of sp³-hybridized carbons (Fsp3) is 0.214. The summed E-state index contributed by atoms with van der Waals surface area (Å²) < 4.78 is 11.0. The second-order valence-corrected chi connectivity index (χ2v) is 8.52. The Bertz CT molecular complexity index is 1410. The maximum Gasteiger partial charge on any atom is 0.161 e. The number of hydrogen-bond donors (Lipinski definition) is 0. The maximum absolute atomic E-state index is 5.54. The van der Waals surface area contributed by atoms with E-state index in [9.17, 15) is 0 Å². The van der Waals surface area contributed by atoms with Gasteiger partial charge in [-0.25, -0.2) is 0 Å². The van der Waals surface area contributed by atoms with Gasteiger partial charge in [-0.05, 0) is 67.6 Å². The summed E-state index contributed by atoms with van der Waals surface area (Å²) >= 11 is 0. The van der Waals surface area contributed by atoms with Gasteiger partial charge in [0.2, 0.25) is 0 Å². The molecular weight excluding hydrogens is 382 g/mol. The molecule has 0 radical (unpaired) electrons. The van der Waals surface area contributed by atoms with E-state index in [1.807, 2.05) is 0 Å². The van der Waals surface area contributed by atoms with Crippen LogP contribution in [0.15, 0.2) is 66.7 Å². The number of rotatable bonds is 4. The minimum atomic E-state index is 0.811. The third kappa shape index (κ3) is 2.92. The lowest BCUT2D eigenvalue weighted by Crippen LogP contribution is -2.30. The van der Waals surface area contributed by atoms with E-state index in [4.69, 9.17) is 9.47 Å². The zero-order chi connectivity index (χ0) is 20.9. The minimum Gasteiger partial charge on any atom is -0.493 e. The minimum absolute atomic E-state index is 0.811. The Morgan fingerprint density at radius 3 is 2.13 bits per heavy atom. The van der Waals surface area contributed by atoms with E-state index in [2.05, 4.69) is 71.6 Å². The van der Waals surface area contributed by atoms with Crippen LogP contribution < -0.4 is 9.47 Å². The van der Waals surface area contributed by atoms with E-state index in [0.717, 1.165) is 37.6 Å². The van der Waals surface area contributed by atoms with Gasteiger partial charge in [-0.3, -0.25) is 4.90 Å². The van der Waals surface area contributed by atoms with Crippen LogP contribution >= 0.6 is 0 Å². The average Bonchev–Trinajstić information content (AvgIpc) is 2.82. The molecule has 0 spiro atoms. The summed E-state index contributed by atoms with van der Waals surface area (Å²) in [6.45, 7) is 2.92. The zero-order valence-electron chi connectivity index (χ0n) is 17.9. The van der Waals surface area contributed by atoms with Gasteiger partial charge in [0.15, 0.2) is 11.5 Å². The van der Waals surface area contributed by atoms with Crippen molar-refractivity contribution in [2.24, 2.45) is 0 Å². The summed E-state index contributed by atoms with van der Waals surface area (Å²) in [7, 11) is 3.41. The molecule has 0 bridgehead atoms. The first-order chi connectivity index (χ1) is 15.2. The van der Waals surface area contributed by atoms with Gasteiger partial charge < -0.3 is 9.47 Å². The van der Waals surface area contributed by atoms with Crippen molar-refractivity contribution in [3.8, 4) is 11.5 Å². The first kappa shape index (κ1) is 18.5. The first-order valence-electron chi connectivity index (χ1n) is 10.9. The van der Waals surface area contributed by atoms with E-state index in [0.29, 0.717) is 0 Å². The summed E-state index contributed by atoms with van der Waals surface area (Å²) in [4.78, 5) is 2.54. The highest BCUT2D eigenvalue weighted by atomic mass is 16.5. The Balaban J connectivity index is 1.39. The highest BCUT2D eigenvalue weighted by molar-refractivity contribution is 6.23. The number of nitrogens with zero attached hydrogens (tertiary/aromatic N) is 1. The molecule has 1 aliphatic heterocycles. The molecule has 154 valence electrons. The SMILES string of the molecule is COc1cc2c(cc1OC)CN(Cc1ccc3ccc4cccc5ccc1c3c45)CC2. The summed E-state index contributed by atoms with van der Waals surface area (Å²) in [5.74, 6) is 1.63. The lowest BCUT2D eigenvalue weighted by molar-refractivity contribution is 0.245. The second kappa shape index (κ2) is 7.14. The molecule has 0 amide bonds. The molecule has 1 heterocycles. The van der Waals surface area contributed by atoms with E-state index in [1.54, 1.807) is 14.2 Å². The Hall–Kier alpha value is -3.30. The quantitative estimate of drug-likeness (QED) is 0.333. The number of hydrogen-bond acceptors (Lipinski definition) is 3. The molecule has 0 aliphatic carbocycles. The van der Waals surface area contributed by atoms with Crippen LogP contribution in [-0.4, -0.2) is 25.7 Å². The molecular formula is C28H25NO2. The monoisotopic (exact) mass is 407 g/mol. The van der Waals surface area contributed by atoms with E-state index in [-0.39, 0.29) is 0 Å². The predicted octanol–water partition coefficient (Wildman–Crippen LogP) is 6.16. The predicted molar refractivity (Wildman–Crippen MR) is 128 cm³/mol. The summed E-state index contributed by atoms with van der Waals surface area (Å²) in [5.41, 5.74) is 4.10.